The molecule has 0 atom stereocenters. The summed E-state index contributed by atoms with van der Waals surface area (Å²) in [5.74, 6) is -0.745. The maximum absolute atomic E-state index is 9.37. The highest BCUT2D eigenvalue weighted by Gasteiger charge is 1.80. The minimum atomic E-state index is -0.745. The Hall–Kier alpha value is -1.04. The molecule has 0 amide bonds. The zero-order chi connectivity index (χ0) is 7.70. The van der Waals surface area contributed by atoms with Crippen molar-refractivity contribution in [2.45, 2.75) is 26.7 Å². The molecule has 0 aromatic rings. The van der Waals surface area contributed by atoms with Gasteiger partial charge in [0.25, 0.3) is 0 Å². The predicted molar refractivity (Wildman–Crippen MR) is 33.8 cm³/mol. The Morgan fingerprint density at radius 3 is 1.89 bits per heavy atom. The van der Waals surface area contributed by atoms with E-state index in [1.54, 1.807) is 6.92 Å². The molecular formula is C6H11NO2. The number of hydrogen-bond acceptors (Lipinski definition) is 2. The average molecular weight is 129 g/mol. The van der Waals surface area contributed by atoms with Gasteiger partial charge < -0.3 is 5.11 Å². The van der Waals surface area contributed by atoms with Crippen molar-refractivity contribution in [3.63, 3.8) is 0 Å². The summed E-state index contributed by atoms with van der Waals surface area (Å²) in [5.41, 5.74) is 0. The lowest BCUT2D eigenvalue weighted by Crippen LogP contribution is -1.86. The van der Waals surface area contributed by atoms with Crippen LogP contribution in [0.3, 0.4) is 0 Å². The first kappa shape index (κ1) is 10.9. The van der Waals surface area contributed by atoms with Gasteiger partial charge in [0.1, 0.15) is 0 Å². The maximum atomic E-state index is 9.37. The number of nitrogens with zero attached hydrogens (tertiary/aromatic N) is 1. The number of nitriles is 1. The molecule has 1 N–H and O–H groups in total. The SMILES string of the molecule is CCC#N.CCC(=O)O. The van der Waals surface area contributed by atoms with E-state index in [2.05, 4.69) is 0 Å². The summed E-state index contributed by atoms with van der Waals surface area (Å²) in [6.45, 7) is 3.42. The van der Waals surface area contributed by atoms with E-state index in [1.807, 2.05) is 13.0 Å². The molecule has 52 valence electrons. The second-order valence-corrected chi connectivity index (χ2v) is 1.26. The summed E-state index contributed by atoms with van der Waals surface area (Å²) in [6, 6.07) is 1.93. The van der Waals surface area contributed by atoms with Crippen LogP contribution in [0.1, 0.15) is 26.7 Å². The molecule has 0 radical (unpaired) electrons. The number of rotatable bonds is 1. The molecule has 0 fully saturated rings. The van der Waals surface area contributed by atoms with Crippen LogP contribution in [0.15, 0.2) is 0 Å². The van der Waals surface area contributed by atoms with Gasteiger partial charge in [-0.15, -0.1) is 0 Å². The molecule has 0 unspecified atom stereocenters. The molecule has 0 aliphatic carbocycles. The van der Waals surface area contributed by atoms with Crippen molar-refractivity contribution < 1.29 is 9.90 Å². The summed E-state index contributed by atoms with van der Waals surface area (Å²) in [6.07, 6.45) is 0.847. The van der Waals surface area contributed by atoms with Crippen molar-refractivity contribution >= 4 is 5.97 Å². The molecule has 0 rings (SSSR count). The van der Waals surface area contributed by atoms with Gasteiger partial charge >= 0.3 is 5.97 Å². The van der Waals surface area contributed by atoms with Crippen molar-refractivity contribution in [3.05, 3.63) is 0 Å². The molecule has 0 aliphatic heterocycles. The zero-order valence-corrected chi connectivity index (χ0v) is 5.72. The average Bonchev–Trinajstić information content (AvgIpc) is 1.89. The van der Waals surface area contributed by atoms with Gasteiger partial charge in [0.2, 0.25) is 0 Å². The monoisotopic (exact) mass is 129 g/mol. The topological polar surface area (TPSA) is 61.1 Å². The van der Waals surface area contributed by atoms with Crippen molar-refractivity contribution in [2.75, 3.05) is 0 Å². The summed E-state index contributed by atoms with van der Waals surface area (Å²) in [5, 5.41) is 15.3. The minimum absolute atomic E-state index is 0.222. The van der Waals surface area contributed by atoms with Gasteiger partial charge in [-0.25, -0.2) is 0 Å². The van der Waals surface area contributed by atoms with Gasteiger partial charge in [0, 0.05) is 12.8 Å². The Morgan fingerprint density at radius 1 is 1.67 bits per heavy atom. The number of hydrogen-bond donors (Lipinski definition) is 1. The Labute approximate surface area is 54.9 Å². The fourth-order valence-corrected chi connectivity index (χ4v) is 0. The summed E-state index contributed by atoms with van der Waals surface area (Å²) < 4.78 is 0. The van der Waals surface area contributed by atoms with Crippen LogP contribution in [0.2, 0.25) is 0 Å². The van der Waals surface area contributed by atoms with E-state index >= 15 is 0 Å². The van der Waals surface area contributed by atoms with E-state index in [0.29, 0.717) is 6.42 Å². The largest absolute Gasteiger partial charge is 0.481 e. The third kappa shape index (κ3) is 44.6. The highest BCUT2D eigenvalue weighted by atomic mass is 16.4. The zero-order valence-electron chi connectivity index (χ0n) is 5.72. The summed E-state index contributed by atoms with van der Waals surface area (Å²) >= 11 is 0. The van der Waals surface area contributed by atoms with E-state index in [-0.39, 0.29) is 6.42 Å². The van der Waals surface area contributed by atoms with Crippen LogP contribution in [0.5, 0.6) is 0 Å². The number of carboxylic acids is 1. The Bertz CT molecular complexity index is 104. The van der Waals surface area contributed by atoms with Crippen molar-refractivity contribution in [1.29, 1.82) is 5.26 Å². The number of carbonyl (C=O) groups is 1. The first-order valence-corrected chi connectivity index (χ1v) is 2.77. The second-order valence-electron chi connectivity index (χ2n) is 1.26. The number of aliphatic carboxylic acids is 1. The lowest BCUT2D eigenvalue weighted by molar-refractivity contribution is -0.136. The molecule has 0 aliphatic rings. The van der Waals surface area contributed by atoms with E-state index < -0.39 is 5.97 Å². The van der Waals surface area contributed by atoms with Crippen LogP contribution in [0.4, 0.5) is 0 Å². The van der Waals surface area contributed by atoms with Crippen LogP contribution in [-0.4, -0.2) is 11.1 Å². The van der Waals surface area contributed by atoms with E-state index in [4.69, 9.17) is 10.4 Å². The van der Waals surface area contributed by atoms with Crippen molar-refractivity contribution in [3.8, 4) is 6.07 Å². The Kier molecular flexibility index (Phi) is 12.1. The molecule has 0 spiro atoms. The first-order chi connectivity index (χ1) is 4.18. The predicted octanol–water partition coefficient (Wildman–Crippen LogP) is 1.40. The molecular weight excluding hydrogens is 118 g/mol. The Balaban J connectivity index is 0. The molecule has 0 aromatic carbocycles. The first-order valence-electron chi connectivity index (χ1n) is 2.77. The van der Waals surface area contributed by atoms with Gasteiger partial charge in [-0.3, -0.25) is 4.79 Å². The number of carboxylic acid groups (broad SMARTS) is 1. The van der Waals surface area contributed by atoms with E-state index in [0.717, 1.165) is 0 Å². The molecule has 0 saturated carbocycles. The van der Waals surface area contributed by atoms with Gasteiger partial charge in [0.15, 0.2) is 0 Å². The van der Waals surface area contributed by atoms with E-state index in [9.17, 15) is 4.79 Å². The highest BCUT2D eigenvalue weighted by molar-refractivity contribution is 5.66. The molecule has 0 aromatic heterocycles. The van der Waals surface area contributed by atoms with Crippen molar-refractivity contribution in [2.24, 2.45) is 0 Å². The fourth-order valence-electron chi connectivity index (χ4n) is 0. The molecule has 3 nitrogen and oxygen atoms in total. The molecule has 0 bridgehead atoms. The highest BCUT2D eigenvalue weighted by Crippen LogP contribution is 1.67. The maximum Gasteiger partial charge on any atom is 0.303 e. The summed E-state index contributed by atoms with van der Waals surface area (Å²) in [4.78, 5) is 9.37. The smallest absolute Gasteiger partial charge is 0.303 e. The van der Waals surface area contributed by atoms with Crippen LogP contribution in [0.25, 0.3) is 0 Å². The summed E-state index contributed by atoms with van der Waals surface area (Å²) in [7, 11) is 0. The van der Waals surface area contributed by atoms with Gasteiger partial charge in [-0.05, 0) is 0 Å². The molecule has 3 heteroatoms. The lowest BCUT2D eigenvalue weighted by atomic mass is 10.5. The van der Waals surface area contributed by atoms with Crippen molar-refractivity contribution in [1.82, 2.24) is 0 Å². The molecule has 9 heavy (non-hydrogen) atoms. The van der Waals surface area contributed by atoms with Crippen LogP contribution in [-0.2, 0) is 4.79 Å². The fraction of sp³-hybridized carbons (Fsp3) is 0.667. The molecule has 0 heterocycles. The minimum Gasteiger partial charge on any atom is -0.481 e. The lowest BCUT2D eigenvalue weighted by Gasteiger charge is -1.71. The third-order valence-electron chi connectivity index (χ3n) is 0.461. The second kappa shape index (κ2) is 10.0. The van der Waals surface area contributed by atoms with Gasteiger partial charge in [-0.2, -0.15) is 5.26 Å². The standard InChI is InChI=1S/C3H5N.C3H6O2/c1-2-3-4;1-2-3(4)5/h2H2,1H3;2H2,1H3,(H,4,5). The quantitative estimate of drug-likeness (QED) is 0.582. The molecule has 0 saturated heterocycles. The third-order valence-corrected chi connectivity index (χ3v) is 0.461. The normalized spacial score (nSPS) is 6.33. The van der Waals surface area contributed by atoms with E-state index in [1.165, 1.54) is 0 Å². The van der Waals surface area contributed by atoms with Gasteiger partial charge in [-0.1, -0.05) is 13.8 Å². The Morgan fingerprint density at radius 2 is 1.89 bits per heavy atom. The van der Waals surface area contributed by atoms with Crippen LogP contribution in [0, 0.1) is 11.3 Å². The van der Waals surface area contributed by atoms with Gasteiger partial charge in [0.05, 0.1) is 6.07 Å². The van der Waals surface area contributed by atoms with Crippen LogP contribution >= 0.6 is 0 Å². The van der Waals surface area contributed by atoms with Crippen LogP contribution < -0.4 is 0 Å².